The lowest BCUT2D eigenvalue weighted by molar-refractivity contribution is -0.120. The molecule has 1 unspecified atom stereocenters. The average molecular weight is 400 g/mol. The van der Waals surface area contributed by atoms with Gasteiger partial charge < -0.3 is 15.3 Å². The Morgan fingerprint density at radius 3 is 2.41 bits per heavy atom. The first-order valence-corrected chi connectivity index (χ1v) is 10.6. The van der Waals surface area contributed by atoms with Gasteiger partial charge in [0, 0.05) is 51.5 Å². The van der Waals surface area contributed by atoms with Crippen molar-refractivity contribution in [1.29, 1.82) is 0 Å². The first-order chi connectivity index (χ1) is 14.3. The fourth-order valence-electron chi connectivity index (χ4n) is 3.96. The molecule has 144 valence electrons. The maximum Gasteiger partial charge on any atom is 0.224 e. The van der Waals surface area contributed by atoms with E-state index in [-0.39, 0.29) is 11.8 Å². The van der Waals surface area contributed by atoms with E-state index in [1.165, 1.54) is 15.8 Å². The number of carbonyl (C=O) groups excluding carboxylic acids is 1. The zero-order chi connectivity index (χ0) is 19.6. The van der Waals surface area contributed by atoms with Crippen LogP contribution in [0.25, 0.3) is 21.8 Å². The van der Waals surface area contributed by atoms with Crippen LogP contribution in [0.1, 0.15) is 21.9 Å². The monoisotopic (exact) mass is 399 g/mol. The Morgan fingerprint density at radius 2 is 1.62 bits per heavy atom. The number of aromatic amines is 2. The third-order valence-electron chi connectivity index (χ3n) is 5.41. The minimum atomic E-state index is 0.0381. The van der Waals surface area contributed by atoms with E-state index < -0.39 is 0 Å². The lowest BCUT2D eigenvalue weighted by atomic mass is 9.96. The standard InChI is InChI=1S/C24H21N3OS/c28-24(12-16-13-25-21-8-3-1-6-17(16)21)27-15-20(23-10-5-11-29-23)19-14-26-22-9-4-2-7-18(19)22/h1-11,13-14,20,25-26H,12,15H2,(H,27,28). The summed E-state index contributed by atoms with van der Waals surface area (Å²) >= 11 is 1.73. The normalized spacial score (nSPS) is 12.4. The smallest absolute Gasteiger partial charge is 0.224 e. The first-order valence-electron chi connectivity index (χ1n) is 9.70. The van der Waals surface area contributed by atoms with E-state index >= 15 is 0 Å². The number of aromatic nitrogens is 2. The number of nitrogens with one attached hydrogen (secondary N) is 3. The summed E-state index contributed by atoms with van der Waals surface area (Å²) in [5.41, 5.74) is 4.42. The number of fused-ring (bicyclic) bond motifs is 2. The molecule has 4 nitrogen and oxygen atoms in total. The van der Waals surface area contributed by atoms with E-state index in [1.807, 2.05) is 30.5 Å². The van der Waals surface area contributed by atoms with Crippen LogP contribution in [-0.2, 0) is 11.2 Å². The Hall–Kier alpha value is -3.31. The highest BCUT2D eigenvalue weighted by atomic mass is 32.1. The van der Waals surface area contributed by atoms with Gasteiger partial charge in [-0.2, -0.15) is 0 Å². The number of hydrogen-bond acceptors (Lipinski definition) is 2. The zero-order valence-electron chi connectivity index (χ0n) is 15.8. The maximum atomic E-state index is 12.7. The summed E-state index contributed by atoms with van der Waals surface area (Å²) in [5, 5.41) is 7.57. The molecule has 0 saturated carbocycles. The van der Waals surface area contributed by atoms with Gasteiger partial charge in [0.15, 0.2) is 0 Å². The van der Waals surface area contributed by atoms with Crippen molar-refractivity contribution in [1.82, 2.24) is 15.3 Å². The fraction of sp³-hybridized carbons (Fsp3) is 0.125. The predicted molar refractivity (Wildman–Crippen MR) is 119 cm³/mol. The van der Waals surface area contributed by atoms with Gasteiger partial charge in [0.2, 0.25) is 5.91 Å². The van der Waals surface area contributed by atoms with Gasteiger partial charge in [-0.15, -0.1) is 11.3 Å². The Labute approximate surface area is 172 Å². The van der Waals surface area contributed by atoms with Crippen LogP contribution in [0, 0.1) is 0 Å². The SMILES string of the molecule is O=C(Cc1c[nH]c2ccccc12)NCC(c1cccs1)c1c[nH]c2ccccc12. The topological polar surface area (TPSA) is 60.7 Å². The van der Waals surface area contributed by atoms with Crippen molar-refractivity contribution in [3.8, 4) is 0 Å². The Morgan fingerprint density at radius 1 is 0.897 bits per heavy atom. The van der Waals surface area contributed by atoms with Crippen LogP contribution in [0.5, 0.6) is 0 Å². The fourth-order valence-corrected chi connectivity index (χ4v) is 4.81. The molecule has 1 atom stereocenters. The minimum Gasteiger partial charge on any atom is -0.361 e. The van der Waals surface area contributed by atoms with Crippen LogP contribution in [0.3, 0.4) is 0 Å². The molecule has 5 rings (SSSR count). The van der Waals surface area contributed by atoms with E-state index in [0.717, 1.165) is 22.0 Å². The van der Waals surface area contributed by atoms with Crippen LogP contribution in [0.2, 0.25) is 0 Å². The lowest BCUT2D eigenvalue weighted by Gasteiger charge is -2.16. The summed E-state index contributed by atoms with van der Waals surface area (Å²) in [7, 11) is 0. The van der Waals surface area contributed by atoms with Gasteiger partial charge in [0.25, 0.3) is 0 Å². The van der Waals surface area contributed by atoms with E-state index in [1.54, 1.807) is 11.3 Å². The van der Waals surface area contributed by atoms with Gasteiger partial charge in [-0.05, 0) is 34.7 Å². The number of carbonyl (C=O) groups is 1. The van der Waals surface area contributed by atoms with E-state index in [0.29, 0.717) is 13.0 Å². The highest BCUT2D eigenvalue weighted by Gasteiger charge is 2.20. The molecule has 0 aliphatic rings. The first kappa shape index (κ1) is 17.8. The van der Waals surface area contributed by atoms with Crippen molar-refractivity contribution >= 4 is 39.0 Å². The van der Waals surface area contributed by atoms with Crippen molar-refractivity contribution in [3.63, 3.8) is 0 Å². The number of rotatable bonds is 6. The number of para-hydroxylation sites is 2. The lowest BCUT2D eigenvalue weighted by Crippen LogP contribution is -2.29. The number of amides is 1. The van der Waals surface area contributed by atoms with Gasteiger partial charge in [0.05, 0.1) is 6.42 Å². The molecule has 29 heavy (non-hydrogen) atoms. The summed E-state index contributed by atoms with van der Waals surface area (Å²) in [6.45, 7) is 0.573. The second-order valence-corrected chi connectivity index (χ2v) is 8.18. The van der Waals surface area contributed by atoms with E-state index in [2.05, 4.69) is 63.3 Å². The molecule has 1 amide bonds. The maximum absolute atomic E-state index is 12.7. The molecule has 0 aliphatic carbocycles. The van der Waals surface area contributed by atoms with Crippen LogP contribution in [0.4, 0.5) is 0 Å². The molecule has 5 heteroatoms. The molecular weight excluding hydrogens is 378 g/mol. The third kappa shape index (κ3) is 3.45. The molecule has 5 aromatic rings. The Kier molecular flexibility index (Phi) is 4.66. The van der Waals surface area contributed by atoms with E-state index in [9.17, 15) is 4.79 Å². The third-order valence-corrected chi connectivity index (χ3v) is 6.40. The summed E-state index contributed by atoms with van der Waals surface area (Å²) in [5.74, 6) is 0.161. The van der Waals surface area contributed by atoms with Gasteiger partial charge >= 0.3 is 0 Å². The summed E-state index contributed by atoms with van der Waals surface area (Å²) in [6, 6.07) is 20.6. The summed E-state index contributed by atoms with van der Waals surface area (Å²) < 4.78 is 0. The Bertz CT molecular complexity index is 1270. The summed E-state index contributed by atoms with van der Waals surface area (Å²) in [4.78, 5) is 20.6. The van der Waals surface area contributed by atoms with Crippen LogP contribution >= 0.6 is 11.3 Å². The van der Waals surface area contributed by atoms with Gasteiger partial charge in [0.1, 0.15) is 0 Å². The van der Waals surface area contributed by atoms with Gasteiger partial charge in [-0.1, -0.05) is 42.5 Å². The molecule has 3 heterocycles. The predicted octanol–water partition coefficient (Wildman–Crippen LogP) is 5.20. The highest BCUT2D eigenvalue weighted by Crippen LogP contribution is 2.32. The molecular formula is C24H21N3OS. The molecule has 0 saturated heterocycles. The summed E-state index contributed by atoms with van der Waals surface area (Å²) in [6.07, 6.45) is 4.37. The quantitative estimate of drug-likeness (QED) is 0.361. The van der Waals surface area contributed by atoms with Crippen molar-refractivity contribution in [2.75, 3.05) is 6.54 Å². The van der Waals surface area contributed by atoms with Crippen molar-refractivity contribution in [3.05, 3.63) is 94.4 Å². The second-order valence-electron chi connectivity index (χ2n) is 7.20. The van der Waals surface area contributed by atoms with Crippen molar-refractivity contribution in [2.24, 2.45) is 0 Å². The second kappa shape index (κ2) is 7.60. The van der Waals surface area contributed by atoms with E-state index in [4.69, 9.17) is 0 Å². The number of benzene rings is 2. The zero-order valence-corrected chi connectivity index (χ0v) is 16.6. The molecule has 0 spiro atoms. The molecule has 0 radical (unpaired) electrons. The van der Waals surface area contributed by atoms with Crippen molar-refractivity contribution in [2.45, 2.75) is 12.3 Å². The molecule has 0 fully saturated rings. The molecule has 0 aliphatic heterocycles. The molecule has 2 aromatic carbocycles. The molecule has 3 N–H and O–H groups in total. The molecule has 3 aromatic heterocycles. The van der Waals surface area contributed by atoms with Crippen LogP contribution in [-0.4, -0.2) is 22.4 Å². The highest BCUT2D eigenvalue weighted by molar-refractivity contribution is 7.10. The number of H-pyrrole nitrogens is 2. The minimum absolute atomic E-state index is 0.0381. The van der Waals surface area contributed by atoms with Crippen molar-refractivity contribution < 1.29 is 4.79 Å². The largest absolute Gasteiger partial charge is 0.361 e. The van der Waals surface area contributed by atoms with Crippen LogP contribution < -0.4 is 5.32 Å². The number of hydrogen-bond donors (Lipinski definition) is 3. The number of thiophene rings is 1. The average Bonchev–Trinajstić information content (AvgIpc) is 3.49. The van der Waals surface area contributed by atoms with Crippen LogP contribution in [0.15, 0.2) is 78.4 Å². The Balaban J connectivity index is 1.37. The van der Waals surface area contributed by atoms with Gasteiger partial charge in [-0.25, -0.2) is 0 Å². The molecule has 0 bridgehead atoms. The van der Waals surface area contributed by atoms with Gasteiger partial charge in [-0.3, -0.25) is 4.79 Å².